The molecular weight excluding hydrogens is 360 g/mol. The predicted octanol–water partition coefficient (Wildman–Crippen LogP) is 3.66. The van der Waals surface area contributed by atoms with Crippen molar-refractivity contribution in [1.29, 1.82) is 0 Å². The van der Waals surface area contributed by atoms with Gasteiger partial charge in [0.15, 0.2) is 0 Å². The van der Waals surface area contributed by atoms with E-state index in [9.17, 15) is 0 Å². The van der Waals surface area contributed by atoms with Gasteiger partial charge in [-0.1, -0.05) is 30.3 Å². The Morgan fingerprint density at radius 2 is 1.74 bits per heavy atom. The van der Waals surface area contributed by atoms with Crippen molar-refractivity contribution < 1.29 is 14.5 Å². The van der Waals surface area contributed by atoms with Gasteiger partial charge in [-0.3, -0.25) is 0 Å². The van der Waals surface area contributed by atoms with Crippen LogP contribution in [0.2, 0.25) is 0 Å². The molecule has 0 bridgehead atoms. The minimum absolute atomic E-state index is 0.812. The second kappa shape index (κ2) is 10.2. The molecule has 0 amide bonds. The van der Waals surface area contributed by atoms with Crippen molar-refractivity contribution in [3.8, 4) is 0 Å². The molecule has 1 heterocycles. The highest BCUT2D eigenvalue weighted by Crippen LogP contribution is 2.21. The van der Waals surface area contributed by atoms with Crippen molar-refractivity contribution in [2.45, 2.75) is 20.4 Å². The summed E-state index contributed by atoms with van der Waals surface area (Å²) in [6.45, 7) is 3.84. The summed E-state index contributed by atoms with van der Waals surface area (Å²) < 4.78 is 2.03. The smallest absolute Gasteiger partial charge is 0.408 e. The highest BCUT2D eigenvalue weighted by atomic mass is 32.1. The molecule has 0 saturated heterocycles. The van der Waals surface area contributed by atoms with Gasteiger partial charge in [-0.2, -0.15) is 0 Å². The van der Waals surface area contributed by atoms with Gasteiger partial charge in [-0.25, -0.2) is 4.57 Å². The van der Waals surface area contributed by atoms with Gasteiger partial charge in [0.1, 0.15) is 11.4 Å². The normalized spacial score (nSPS) is 10.3. The van der Waals surface area contributed by atoms with E-state index in [1.165, 1.54) is 11.3 Å². The number of carboxylic acids is 1. The zero-order valence-electron chi connectivity index (χ0n) is 15.5. The Kier molecular flexibility index (Phi) is 7.63. The molecule has 6 nitrogen and oxygen atoms in total. The third-order valence-electron chi connectivity index (χ3n) is 3.61. The van der Waals surface area contributed by atoms with E-state index in [0.29, 0.717) is 0 Å². The number of carbonyl (C=O) groups is 1. The Morgan fingerprint density at radius 1 is 1.11 bits per heavy atom. The number of aromatic nitrogens is 1. The summed E-state index contributed by atoms with van der Waals surface area (Å²) in [5, 5.41) is 23.9. The van der Waals surface area contributed by atoms with Crippen molar-refractivity contribution in [2.75, 3.05) is 5.32 Å². The summed E-state index contributed by atoms with van der Waals surface area (Å²) >= 11 is 1.59. The predicted molar refractivity (Wildman–Crippen MR) is 105 cm³/mol. The third kappa shape index (κ3) is 6.99. The number of thiazole rings is 1. The fraction of sp³-hybridized carbons (Fsp3) is 0.200. The van der Waals surface area contributed by atoms with Crippen LogP contribution >= 0.6 is 11.3 Å². The Balaban J connectivity index is 0.000000596. The maximum atomic E-state index is 8.89. The lowest BCUT2D eigenvalue weighted by Crippen LogP contribution is -2.28. The number of carboxylic acid groups (broad SMARTS) is 1. The van der Waals surface area contributed by atoms with Crippen LogP contribution in [-0.4, -0.2) is 5.97 Å². The lowest BCUT2D eigenvalue weighted by atomic mass is 10.2. The monoisotopic (exact) mass is 382 g/mol. The number of azo groups is 1. The molecule has 1 N–H and O–H groups in total. The van der Waals surface area contributed by atoms with E-state index in [0.717, 1.165) is 30.0 Å². The van der Waals surface area contributed by atoms with Gasteiger partial charge in [0, 0.05) is 23.6 Å². The van der Waals surface area contributed by atoms with Crippen molar-refractivity contribution in [2.24, 2.45) is 17.3 Å². The minimum atomic E-state index is -1.08. The van der Waals surface area contributed by atoms with Crippen molar-refractivity contribution in [3.63, 3.8) is 0 Å². The Morgan fingerprint density at radius 3 is 2.30 bits per heavy atom. The second-order valence-corrected chi connectivity index (χ2v) is 6.63. The highest BCUT2D eigenvalue weighted by molar-refractivity contribution is 7.12. The van der Waals surface area contributed by atoms with E-state index in [4.69, 9.17) is 9.90 Å². The molecular formula is C20H22N4O2S. The minimum Gasteiger partial charge on any atom is -0.550 e. The van der Waals surface area contributed by atoms with Gasteiger partial charge in [0.25, 0.3) is 0 Å². The van der Waals surface area contributed by atoms with Crippen LogP contribution in [0.4, 0.5) is 16.5 Å². The van der Waals surface area contributed by atoms with Gasteiger partial charge in [0.05, 0.1) is 12.2 Å². The van der Waals surface area contributed by atoms with Crippen LogP contribution in [-0.2, 0) is 18.4 Å². The van der Waals surface area contributed by atoms with E-state index in [1.54, 1.807) is 11.3 Å². The molecule has 27 heavy (non-hydrogen) atoms. The first-order chi connectivity index (χ1) is 13.0. The average Bonchev–Trinajstić information content (AvgIpc) is 2.98. The first-order valence-electron chi connectivity index (χ1n) is 8.37. The van der Waals surface area contributed by atoms with Crippen molar-refractivity contribution in [1.82, 2.24) is 0 Å². The largest absolute Gasteiger partial charge is 0.550 e. The number of aryl methyl sites for hydroxylation is 1. The van der Waals surface area contributed by atoms with Crippen LogP contribution in [0.15, 0.2) is 70.2 Å². The number of hydrogen-bond acceptors (Lipinski definition) is 6. The van der Waals surface area contributed by atoms with Gasteiger partial charge in [-0.15, -0.1) is 0 Å². The molecule has 7 heteroatoms. The first-order valence-corrected chi connectivity index (χ1v) is 9.25. The fourth-order valence-electron chi connectivity index (χ4n) is 2.08. The molecule has 3 rings (SSSR count). The summed E-state index contributed by atoms with van der Waals surface area (Å²) in [5.74, 6) is -1.08. The van der Waals surface area contributed by atoms with E-state index < -0.39 is 5.97 Å². The zero-order chi connectivity index (χ0) is 19.6. The van der Waals surface area contributed by atoms with Crippen molar-refractivity contribution >= 4 is 33.8 Å². The molecule has 0 aliphatic rings. The second-order valence-electron chi connectivity index (χ2n) is 5.80. The summed E-state index contributed by atoms with van der Waals surface area (Å²) in [7, 11) is 2.00. The van der Waals surface area contributed by atoms with Crippen LogP contribution < -0.4 is 15.0 Å². The summed E-state index contributed by atoms with van der Waals surface area (Å²) in [4.78, 5) is 8.89. The van der Waals surface area contributed by atoms with Crippen LogP contribution in [0.25, 0.3) is 0 Å². The number of aliphatic carboxylic acids is 1. The molecule has 140 valence electrons. The van der Waals surface area contributed by atoms with Gasteiger partial charge in [-0.05, 0) is 60.1 Å². The van der Waals surface area contributed by atoms with E-state index in [-0.39, 0.29) is 0 Å². The van der Waals surface area contributed by atoms with Gasteiger partial charge < -0.3 is 15.2 Å². The molecule has 2 aromatic carbocycles. The number of rotatable bonds is 5. The SMILES string of the molecule is CC(=O)[O-].Cc1csc(/N=N/c2ccc(NCc3ccccc3)cc2)[n+]1C. The Hall–Kier alpha value is -3.06. The lowest BCUT2D eigenvalue weighted by molar-refractivity contribution is -0.660. The van der Waals surface area contributed by atoms with E-state index in [1.807, 2.05) is 54.1 Å². The number of nitrogens with one attached hydrogen (secondary N) is 1. The quantitative estimate of drug-likeness (QED) is 0.540. The maximum Gasteiger partial charge on any atom is 0.408 e. The van der Waals surface area contributed by atoms with Gasteiger partial charge >= 0.3 is 5.13 Å². The van der Waals surface area contributed by atoms with Crippen LogP contribution in [0.5, 0.6) is 0 Å². The zero-order valence-corrected chi connectivity index (χ0v) is 16.4. The molecule has 0 saturated carbocycles. The molecule has 0 unspecified atom stereocenters. The number of nitrogens with zero attached hydrogens (tertiary/aromatic N) is 3. The van der Waals surface area contributed by atoms with Crippen LogP contribution in [0, 0.1) is 6.92 Å². The fourth-order valence-corrected chi connectivity index (χ4v) is 2.91. The molecule has 0 radical (unpaired) electrons. The molecule has 0 aliphatic carbocycles. The molecule has 0 aliphatic heterocycles. The number of carbonyl (C=O) groups excluding carboxylic acids is 1. The van der Waals surface area contributed by atoms with Gasteiger partial charge in [0.2, 0.25) is 0 Å². The molecule has 0 fully saturated rings. The highest BCUT2D eigenvalue weighted by Gasteiger charge is 2.11. The third-order valence-corrected chi connectivity index (χ3v) is 4.63. The summed E-state index contributed by atoms with van der Waals surface area (Å²) in [6, 6.07) is 18.3. The van der Waals surface area contributed by atoms with E-state index >= 15 is 0 Å². The standard InChI is InChI=1S/C18H18N4S.C2H4O2/c1-14-13-23-18(22(14)2)21-20-17-10-8-16(9-11-17)19-12-15-6-4-3-5-7-15;1-2(3)4/h3-11,13H,12H2,1-2H3;1H3,(H,3,4). The Bertz CT molecular complexity index is 886. The topological polar surface area (TPSA) is 80.8 Å². The number of anilines is 1. The first kappa shape index (κ1) is 20.3. The number of benzene rings is 2. The summed E-state index contributed by atoms with van der Waals surface area (Å²) in [6.07, 6.45) is 0. The van der Waals surface area contributed by atoms with Crippen LogP contribution in [0.3, 0.4) is 0 Å². The van der Waals surface area contributed by atoms with E-state index in [2.05, 4.69) is 40.0 Å². The molecule has 0 spiro atoms. The summed E-state index contributed by atoms with van der Waals surface area (Å²) in [5.41, 5.74) is 4.37. The number of hydrogen-bond donors (Lipinski definition) is 1. The lowest BCUT2D eigenvalue weighted by Gasteiger charge is -2.05. The molecule has 1 aromatic heterocycles. The molecule has 3 aromatic rings. The average molecular weight is 382 g/mol. The van der Waals surface area contributed by atoms with Crippen LogP contribution in [0.1, 0.15) is 18.2 Å². The maximum absolute atomic E-state index is 8.89. The Labute approximate surface area is 162 Å². The van der Waals surface area contributed by atoms with Crippen molar-refractivity contribution in [3.05, 3.63) is 71.2 Å². The molecule has 0 atom stereocenters.